The van der Waals surface area contributed by atoms with E-state index in [0.29, 0.717) is 44.5 Å². The zero-order valence-corrected chi connectivity index (χ0v) is 13.9. The number of rotatable bonds is 4. The Morgan fingerprint density at radius 2 is 2.21 bits per heavy atom. The number of aromatic nitrogens is 3. The molecule has 1 aromatic heterocycles. The summed E-state index contributed by atoms with van der Waals surface area (Å²) in [5, 5.41) is 7.08. The summed E-state index contributed by atoms with van der Waals surface area (Å²) in [7, 11) is 0. The predicted octanol–water partition coefficient (Wildman–Crippen LogP) is 0.278. The zero-order valence-electron chi connectivity index (χ0n) is 13.9. The number of morpholine rings is 1. The second-order valence-electron chi connectivity index (χ2n) is 6.82. The number of carbonyl (C=O) groups is 2. The van der Waals surface area contributed by atoms with Crippen LogP contribution in [0.25, 0.3) is 0 Å². The van der Waals surface area contributed by atoms with Crippen molar-refractivity contribution in [2.45, 2.75) is 44.8 Å². The smallest absolute Gasteiger partial charge is 0.228 e. The van der Waals surface area contributed by atoms with Gasteiger partial charge in [-0.3, -0.25) is 14.7 Å². The molecule has 0 bridgehead atoms. The number of nitrogens with one attached hydrogen (secondary N) is 1. The van der Waals surface area contributed by atoms with Crippen LogP contribution in [0.15, 0.2) is 0 Å². The van der Waals surface area contributed by atoms with Gasteiger partial charge in [0.25, 0.3) is 0 Å². The maximum absolute atomic E-state index is 12.8. The van der Waals surface area contributed by atoms with Crippen molar-refractivity contribution in [3.63, 3.8) is 0 Å². The van der Waals surface area contributed by atoms with Gasteiger partial charge in [0.2, 0.25) is 11.8 Å². The molecule has 3 fully saturated rings. The van der Waals surface area contributed by atoms with Crippen LogP contribution in [-0.2, 0) is 20.7 Å². The summed E-state index contributed by atoms with van der Waals surface area (Å²) >= 11 is 0. The van der Waals surface area contributed by atoms with Crippen molar-refractivity contribution < 1.29 is 14.3 Å². The molecular weight excluding hydrogens is 310 g/mol. The van der Waals surface area contributed by atoms with Crippen LogP contribution in [0.1, 0.15) is 43.9 Å². The van der Waals surface area contributed by atoms with Crippen LogP contribution in [0.2, 0.25) is 0 Å². The third kappa shape index (κ3) is 2.90. The van der Waals surface area contributed by atoms with Gasteiger partial charge in [-0.2, -0.15) is 5.10 Å². The molecule has 4 rings (SSSR count). The molecule has 3 aliphatic rings. The van der Waals surface area contributed by atoms with E-state index in [1.54, 1.807) is 0 Å². The van der Waals surface area contributed by atoms with Gasteiger partial charge < -0.3 is 14.5 Å². The van der Waals surface area contributed by atoms with Gasteiger partial charge in [-0.05, 0) is 12.8 Å². The minimum Gasteiger partial charge on any atom is -0.366 e. The van der Waals surface area contributed by atoms with E-state index in [2.05, 4.69) is 15.2 Å². The molecule has 0 spiro atoms. The average molecular weight is 333 g/mol. The van der Waals surface area contributed by atoms with Gasteiger partial charge in [-0.1, -0.05) is 6.92 Å². The van der Waals surface area contributed by atoms with Crippen molar-refractivity contribution in [3.8, 4) is 0 Å². The van der Waals surface area contributed by atoms with E-state index in [4.69, 9.17) is 4.74 Å². The summed E-state index contributed by atoms with van der Waals surface area (Å²) < 4.78 is 5.74. The van der Waals surface area contributed by atoms with E-state index in [-0.39, 0.29) is 23.8 Å². The molecule has 8 heteroatoms. The highest BCUT2D eigenvalue weighted by Gasteiger charge is 2.43. The first kappa shape index (κ1) is 15.6. The Morgan fingerprint density at radius 1 is 1.38 bits per heavy atom. The third-order valence-electron chi connectivity index (χ3n) is 5.05. The van der Waals surface area contributed by atoms with Crippen molar-refractivity contribution >= 4 is 11.8 Å². The molecule has 3 heterocycles. The molecule has 2 amide bonds. The second-order valence-corrected chi connectivity index (χ2v) is 6.82. The lowest BCUT2D eigenvalue weighted by molar-refractivity contribution is -0.143. The number of hydrogen-bond acceptors (Lipinski definition) is 5. The maximum atomic E-state index is 12.8. The maximum Gasteiger partial charge on any atom is 0.228 e. The molecule has 8 nitrogen and oxygen atoms in total. The molecule has 0 aromatic carbocycles. The number of amides is 2. The molecule has 1 aliphatic carbocycles. The predicted molar refractivity (Wildman–Crippen MR) is 83.9 cm³/mol. The Bertz CT molecular complexity index is 641. The Balaban J connectivity index is 1.40. The van der Waals surface area contributed by atoms with E-state index < -0.39 is 0 Å². The van der Waals surface area contributed by atoms with Crippen molar-refractivity contribution in [1.82, 2.24) is 25.0 Å². The van der Waals surface area contributed by atoms with Crippen LogP contribution in [0.4, 0.5) is 0 Å². The third-order valence-corrected chi connectivity index (χ3v) is 5.05. The molecular formula is C16H23N5O3. The fourth-order valence-corrected chi connectivity index (χ4v) is 3.51. The number of likely N-dealkylation sites (tertiary alicyclic amines) is 1. The summed E-state index contributed by atoms with van der Waals surface area (Å²) in [6, 6.07) is 0.383. The fraction of sp³-hybridized carbons (Fsp3) is 0.750. The highest BCUT2D eigenvalue weighted by Crippen LogP contribution is 2.33. The highest BCUT2D eigenvalue weighted by atomic mass is 16.5. The standard InChI is InChI=1S/C16H23N5O3/c1-2-13-17-15(19-18-13)12-9-20(5-6-24-12)16(23)10-7-14(22)21(8-10)11-3-4-11/h10-12H,2-9H2,1H3,(H,17,18,19)/t10-,12+/m0/s1. The SMILES string of the molecule is CCc1nc([C@H]2CN(C(=O)[C@H]3CC(=O)N(C4CC4)C3)CCO2)n[nH]1. The second kappa shape index (κ2) is 6.16. The number of aryl methyl sites for hydroxylation is 1. The van der Waals surface area contributed by atoms with Crippen molar-refractivity contribution in [3.05, 3.63) is 11.6 Å². The monoisotopic (exact) mass is 333 g/mol. The van der Waals surface area contributed by atoms with Crippen LogP contribution in [0.5, 0.6) is 0 Å². The van der Waals surface area contributed by atoms with Crippen LogP contribution in [0, 0.1) is 5.92 Å². The Morgan fingerprint density at radius 3 is 2.92 bits per heavy atom. The van der Waals surface area contributed by atoms with E-state index in [1.807, 2.05) is 16.7 Å². The van der Waals surface area contributed by atoms with Gasteiger partial charge in [-0.25, -0.2) is 4.98 Å². The summed E-state index contributed by atoms with van der Waals surface area (Å²) in [4.78, 5) is 33.0. The molecule has 2 aliphatic heterocycles. The molecule has 2 saturated heterocycles. The normalized spacial score (nSPS) is 27.8. The van der Waals surface area contributed by atoms with Crippen molar-refractivity contribution in [2.75, 3.05) is 26.2 Å². The topological polar surface area (TPSA) is 91.4 Å². The van der Waals surface area contributed by atoms with Gasteiger partial charge in [-0.15, -0.1) is 0 Å². The quantitative estimate of drug-likeness (QED) is 0.854. The Kier molecular flexibility index (Phi) is 3.99. The van der Waals surface area contributed by atoms with Gasteiger partial charge in [0.05, 0.1) is 19.1 Å². The Hall–Kier alpha value is -1.96. The number of hydrogen-bond donors (Lipinski definition) is 1. The zero-order chi connectivity index (χ0) is 16.7. The Labute approximate surface area is 140 Å². The van der Waals surface area contributed by atoms with E-state index >= 15 is 0 Å². The summed E-state index contributed by atoms with van der Waals surface area (Å²) in [6.07, 6.45) is 2.99. The lowest BCUT2D eigenvalue weighted by Crippen LogP contribution is -2.45. The number of ether oxygens (including phenoxy) is 1. The van der Waals surface area contributed by atoms with E-state index in [1.165, 1.54) is 0 Å². The average Bonchev–Trinajstić information content (AvgIpc) is 3.19. The molecule has 1 aromatic rings. The molecule has 2 atom stereocenters. The van der Waals surface area contributed by atoms with Crippen LogP contribution >= 0.6 is 0 Å². The molecule has 0 unspecified atom stereocenters. The number of aromatic amines is 1. The minimum absolute atomic E-state index is 0.0612. The van der Waals surface area contributed by atoms with Crippen LogP contribution in [0.3, 0.4) is 0 Å². The number of nitrogens with zero attached hydrogens (tertiary/aromatic N) is 4. The first-order valence-electron chi connectivity index (χ1n) is 8.76. The van der Waals surface area contributed by atoms with E-state index in [0.717, 1.165) is 25.1 Å². The lowest BCUT2D eigenvalue weighted by Gasteiger charge is -2.33. The number of carbonyl (C=O) groups excluding carboxylic acids is 2. The van der Waals surface area contributed by atoms with Crippen molar-refractivity contribution in [1.29, 1.82) is 0 Å². The molecule has 130 valence electrons. The first-order chi connectivity index (χ1) is 11.7. The van der Waals surface area contributed by atoms with Gasteiger partial charge in [0.1, 0.15) is 11.9 Å². The minimum atomic E-state index is -0.295. The first-order valence-corrected chi connectivity index (χ1v) is 8.76. The van der Waals surface area contributed by atoms with E-state index in [9.17, 15) is 9.59 Å². The highest BCUT2D eigenvalue weighted by molar-refractivity contribution is 5.89. The molecule has 1 saturated carbocycles. The summed E-state index contributed by atoms with van der Waals surface area (Å²) in [5.74, 6) is 1.40. The van der Waals surface area contributed by atoms with Gasteiger partial charge >= 0.3 is 0 Å². The van der Waals surface area contributed by atoms with Crippen LogP contribution < -0.4 is 0 Å². The largest absolute Gasteiger partial charge is 0.366 e. The summed E-state index contributed by atoms with van der Waals surface area (Å²) in [5.41, 5.74) is 0. The van der Waals surface area contributed by atoms with Crippen LogP contribution in [-0.4, -0.2) is 69.1 Å². The number of H-pyrrole nitrogens is 1. The summed E-state index contributed by atoms with van der Waals surface area (Å²) in [6.45, 7) is 4.07. The molecule has 1 N–H and O–H groups in total. The van der Waals surface area contributed by atoms with Gasteiger partial charge in [0, 0.05) is 32.0 Å². The van der Waals surface area contributed by atoms with Gasteiger partial charge in [0.15, 0.2) is 5.82 Å². The molecule has 0 radical (unpaired) electrons. The fourth-order valence-electron chi connectivity index (χ4n) is 3.51. The van der Waals surface area contributed by atoms with Crippen molar-refractivity contribution in [2.24, 2.45) is 5.92 Å². The lowest BCUT2D eigenvalue weighted by atomic mass is 10.1. The molecule has 24 heavy (non-hydrogen) atoms.